The van der Waals surface area contributed by atoms with Gasteiger partial charge in [0.05, 0.1) is 5.57 Å². The summed E-state index contributed by atoms with van der Waals surface area (Å²) in [5.41, 5.74) is 2.35. The van der Waals surface area contributed by atoms with Crippen molar-refractivity contribution in [2.75, 3.05) is 14.1 Å². The highest BCUT2D eigenvalue weighted by Gasteiger charge is 2.11. The summed E-state index contributed by atoms with van der Waals surface area (Å²) in [5, 5.41) is 8.99. The first-order valence-corrected chi connectivity index (χ1v) is 5.16. The van der Waals surface area contributed by atoms with Gasteiger partial charge in [0.2, 0.25) is 0 Å². The molecule has 0 aliphatic rings. The maximum absolute atomic E-state index is 11.0. The van der Waals surface area contributed by atoms with Gasteiger partial charge in [-0.15, -0.1) is 0 Å². The number of carboxylic acid groups (broad SMARTS) is 1. The highest BCUT2D eigenvalue weighted by molar-refractivity contribution is 5.86. The molecule has 0 bridgehead atoms. The van der Waals surface area contributed by atoms with Gasteiger partial charge in [-0.3, -0.25) is 0 Å². The fraction of sp³-hybridized carbons (Fsp3) is 0.308. The Labute approximate surface area is 96.0 Å². The predicted molar refractivity (Wildman–Crippen MR) is 64.2 cm³/mol. The lowest BCUT2D eigenvalue weighted by Gasteiger charge is -2.19. The van der Waals surface area contributed by atoms with Crippen LogP contribution in [-0.2, 0) is 11.2 Å². The highest BCUT2D eigenvalue weighted by Crippen LogP contribution is 2.14. The van der Waals surface area contributed by atoms with Crippen molar-refractivity contribution in [1.29, 1.82) is 0 Å². The zero-order chi connectivity index (χ0) is 12.1. The van der Waals surface area contributed by atoms with E-state index >= 15 is 0 Å². The first kappa shape index (κ1) is 12.3. The molecule has 0 atom stereocenters. The summed E-state index contributed by atoms with van der Waals surface area (Å²) >= 11 is 0. The summed E-state index contributed by atoms with van der Waals surface area (Å²) in [6, 6.07) is 9.86. The zero-order valence-electron chi connectivity index (χ0n) is 9.90. The molecule has 0 aliphatic carbocycles. The lowest BCUT2D eigenvalue weighted by molar-refractivity contribution is -0.132. The molecule has 0 radical (unpaired) electrons. The van der Waals surface area contributed by atoms with E-state index in [-0.39, 0.29) is 0 Å². The SMILES string of the molecule is C/C(C(=O)O)=C(/Cc1ccccc1)N(C)C. The van der Waals surface area contributed by atoms with E-state index in [1.165, 1.54) is 0 Å². The highest BCUT2D eigenvalue weighted by atomic mass is 16.4. The summed E-state index contributed by atoms with van der Waals surface area (Å²) in [6.45, 7) is 1.64. The number of benzene rings is 1. The smallest absolute Gasteiger partial charge is 0.333 e. The second-order valence-corrected chi connectivity index (χ2v) is 3.93. The molecule has 0 unspecified atom stereocenters. The molecule has 1 rings (SSSR count). The van der Waals surface area contributed by atoms with Crippen molar-refractivity contribution in [2.24, 2.45) is 0 Å². The van der Waals surface area contributed by atoms with Crippen LogP contribution in [0.3, 0.4) is 0 Å². The number of likely N-dealkylation sites (N-methyl/N-ethyl adjacent to an activating group) is 1. The second-order valence-electron chi connectivity index (χ2n) is 3.93. The van der Waals surface area contributed by atoms with Crippen LogP contribution < -0.4 is 0 Å². The van der Waals surface area contributed by atoms with Gasteiger partial charge in [-0.05, 0) is 12.5 Å². The molecule has 0 heterocycles. The fourth-order valence-electron chi connectivity index (χ4n) is 1.54. The van der Waals surface area contributed by atoms with Crippen molar-refractivity contribution in [3.8, 4) is 0 Å². The molecular formula is C13H17NO2. The normalized spacial score (nSPS) is 11.9. The molecule has 16 heavy (non-hydrogen) atoms. The summed E-state index contributed by atoms with van der Waals surface area (Å²) in [6.07, 6.45) is 0.645. The fourth-order valence-corrected chi connectivity index (χ4v) is 1.54. The van der Waals surface area contributed by atoms with Gasteiger partial charge in [-0.2, -0.15) is 0 Å². The van der Waals surface area contributed by atoms with E-state index in [1.54, 1.807) is 6.92 Å². The molecule has 1 aromatic carbocycles. The molecule has 0 saturated heterocycles. The Morgan fingerprint density at radius 3 is 2.25 bits per heavy atom. The monoisotopic (exact) mass is 219 g/mol. The zero-order valence-corrected chi connectivity index (χ0v) is 9.90. The van der Waals surface area contributed by atoms with Gasteiger partial charge in [0.1, 0.15) is 0 Å². The molecule has 0 amide bonds. The number of rotatable bonds is 4. The quantitative estimate of drug-likeness (QED) is 0.789. The van der Waals surface area contributed by atoms with E-state index in [0.717, 1.165) is 11.3 Å². The molecule has 3 heteroatoms. The lowest BCUT2D eigenvalue weighted by atomic mass is 10.1. The number of carboxylic acids is 1. The maximum atomic E-state index is 11.0. The average molecular weight is 219 g/mol. The molecule has 1 N–H and O–H groups in total. The van der Waals surface area contributed by atoms with Gasteiger partial charge in [-0.1, -0.05) is 30.3 Å². The molecule has 0 spiro atoms. The minimum absolute atomic E-state index is 0.397. The van der Waals surface area contributed by atoms with Crippen LogP contribution in [0.15, 0.2) is 41.6 Å². The van der Waals surface area contributed by atoms with E-state index in [2.05, 4.69) is 0 Å². The van der Waals surface area contributed by atoms with Crippen LogP contribution in [-0.4, -0.2) is 30.1 Å². The van der Waals surface area contributed by atoms with E-state index in [1.807, 2.05) is 49.3 Å². The Bertz CT molecular complexity index is 394. The van der Waals surface area contributed by atoms with Crippen molar-refractivity contribution in [1.82, 2.24) is 4.90 Å². The molecule has 3 nitrogen and oxygen atoms in total. The summed E-state index contributed by atoms with van der Waals surface area (Å²) in [4.78, 5) is 12.8. The first-order chi connectivity index (χ1) is 7.52. The van der Waals surface area contributed by atoms with Crippen LogP contribution in [0.25, 0.3) is 0 Å². The third kappa shape index (κ3) is 3.12. The van der Waals surface area contributed by atoms with E-state index in [0.29, 0.717) is 12.0 Å². The summed E-state index contributed by atoms with van der Waals surface area (Å²) in [7, 11) is 3.73. The van der Waals surface area contributed by atoms with Crippen LogP contribution in [0.4, 0.5) is 0 Å². The number of hydrogen-bond acceptors (Lipinski definition) is 2. The van der Waals surface area contributed by atoms with Gasteiger partial charge < -0.3 is 10.0 Å². The molecule has 0 fully saturated rings. The standard InChI is InChI=1S/C13H17NO2/c1-10(13(15)16)12(14(2)3)9-11-7-5-4-6-8-11/h4-8H,9H2,1-3H3,(H,15,16)/b12-10+. The van der Waals surface area contributed by atoms with E-state index in [4.69, 9.17) is 5.11 Å². The van der Waals surface area contributed by atoms with Crippen LogP contribution in [0, 0.1) is 0 Å². The molecule has 0 aromatic heterocycles. The lowest BCUT2D eigenvalue weighted by Crippen LogP contribution is -2.18. The molecule has 86 valence electrons. The number of allylic oxidation sites excluding steroid dienone is 1. The van der Waals surface area contributed by atoms with Crippen molar-refractivity contribution in [2.45, 2.75) is 13.3 Å². The maximum Gasteiger partial charge on any atom is 0.333 e. The number of carbonyl (C=O) groups is 1. The van der Waals surface area contributed by atoms with Crippen LogP contribution in [0.5, 0.6) is 0 Å². The Balaban J connectivity index is 2.98. The number of nitrogens with zero attached hydrogens (tertiary/aromatic N) is 1. The van der Waals surface area contributed by atoms with Gasteiger partial charge in [0.25, 0.3) is 0 Å². The van der Waals surface area contributed by atoms with Crippen LogP contribution in [0.2, 0.25) is 0 Å². The van der Waals surface area contributed by atoms with Gasteiger partial charge in [-0.25, -0.2) is 4.79 Å². The largest absolute Gasteiger partial charge is 0.478 e. The molecular weight excluding hydrogens is 202 g/mol. The van der Waals surface area contributed by atoms with Gasteiger partial charge in [0, 0.05) is 26.2 Å². The third-order valence-electron chi connectivity index (χ3n) is 2.51. The minimum Gasteiger partial charge on any atom is -0.478 e. The Morgan fingerprint density at radius 1 is 1.25 bits per heavy atom. The van der Waals surface area contributed by atoms with Crippen LogP contribution >= 0.6 is 0 Å². The Morgan fingerprint density at radius 2 is 1.81 bits per heavy atom. The first-order valence-electron chi connectivity index (χ1n) is 5.16. The third-order valence-corrected chi connectivity index (χ3v) is 2.51. The molecule has 1 aromatic rings. The van der Waals surface area contributed by atoms with E-state index < -0.39 is 5.97 Å². The minimum atomic E-state index is -0.861. The topological polar surface area (TPSA) is 40.5 Å². The summed E-state index contributed by atoms with van der Waals surface area (Å²) < 4.78 is 0. The Kier molecular flexibility index (Phi) is 4.11. The number of aliphatic carboxylic acids is 1. The number of hydrogen-bond donors (Lipinski definition) is 1. The van der Waals surface area contributed by atoms with Crippen LogP contribution in [0.1, 0.15) is 12.5 Å². The van der Waals surface area contributed by atoms with Crippen molar-refractivity contribution in [3.05, 3.63) is 47.2 Å². The van der Waals surface area contributed by atoms with Gasteiger partial charge in [0.15, 0.2) is 0 Å². The summed E-state index contributed by atoms with van der Waals surface area (Å²) in [5.74, 6) is -0.861. The Hall–Kier alpha value is -1.77. The van der Waals surface area contributed by atoms with Crippen molar-refractivity contribution < 1.29 is 9.90 Å². The van der Waals surface area contributed by atoms with Gasteiger partial charge >= 0.3 is 5.97 Å². The van der Waals surface area contributed by atoms with Crippen molar-refractivity contribution in [3.63, 3.8) is 0 Å². The molecule has 0 saturated carbocycles. The molecule has 0 aliphatic heterocycles. The van der Waals surface area contributed by atoms with E-state index in [9.17, 15) is 4.79 Å². The second kappa shape index (κ2) is 5.35. The van der Waals surface area contributed by atoms with Crippen molar-refractivity contribution >= 4 is 5.97 Å². The predicted octanol–water partition coefficient (Wildman–Crippen LogP) is 2.15. The average Bonchev–Trinajstić information content (AvgIpc) is 2.26.